The van der Waals surface area contributed by atoms with Crippen LogP contribution in [0.3, 0.4) is 0 Å². The molecule has 0 bridgehead atoms. The first-order chi connectivity index (χ1) is 43.9. The molecule has 21 nitrogen and oxygen atoms in total. The van der Waals surface area contributed by atoms with Crippen molar-refractivity contribution in [3.8, 4) is 11.5 Å². The molecule has 0 radical (unpaired) electrons. The van der Waals surface area contributed by atoms with Gasteiger partial charge in [-0.15, -0.1) is 0 Å². The highest BCUT2D eigenvalue weighted by molar-refractivity contribution is 7.89. The number of piperidine rings is 2. The number of aromatic nitrogens is 2. The lowest BCUT2D eigenvalue weighted by Crippen LogP contribution is -2.47. The van der Waals surface area contributed by atoms with Crippen molar-refractivity contribution < 1.29 is 60.0 Å². The largest absolute Gasteiger partial charge is 0.497 e. The molecule has 6 aliphatic heterocycles. The van der Waals surface area contributed by atoms with Crippen molar-refractivity contribution in [3.63, 3.8) is 0 Å². The number of carbonyl (C=O) groups is 2. The van der Waals surface area contributed by atoms with Crippen LogP contribution in [0.4, 0.5) is 0 Å². The zero-order valence-corrected chi connectivity index (χ0v) is 56.6. The molecule has 2 aromatic heterocycles. The van der Waals surface area contributed by atoms with Crippen LogP contribution in [0.2, 0.25) is 0 Å². The van der Waals surface area contributed by atoms with Gasteiger partial charge in [-0.25, -0.2) is 21.6 Å². The van der Waals surface area contributed by atoms with E-state index in [1.165, 1.54) is 55.1 Å². The summed E-state index contributed by atoms with van der Waals surface area (Å²) in [5, 5.41) is 12.2. The molecule has 2 N–H and O–H groups in total. The number of likely N-dealkylation sites (tertiary alicyclic amines) is 3. The monoisotopic (exact) mass is 1300 g/mol. The Hall–Kier alpha value is -5.18. The molecule has 0 saturated carbocycles. The first-order valence-corrected chi connectivity index (χ1v) is 36.0. The minimum Gasteiger partial charge on any atom is -0.497 e. The molecule has 23 heteroatoms. The lowest BCUT2D eigenvalue weighted by Gasteiger charge is -2.35. The van der Waals surface area contributed by atoms with Crippen molar-refractivity contribution in [3.05, 3.63) is 107 Å². The number of rotatable bonds is 24. The number of hydrogen-bond donors (Lipinski definition) is 2. The Morgan fingerprint density at radius 3 is 1.46 bits per heavy atom. The highest BCUT2D eigenvalue weighted by Crippen LogP contribution is 2.39. The third-order valence-corrected chi connectivity index (χ3v) is 23.3. The van der Waals surface area contributed by atoms with Crippen LogP contribution in [0, 0.1) is 27.7 Å². The van der Waals surface area contributed by atoms with Gasteiger partial charge in [0.1, 0.15) is 24.7 Å². The van der Waals surface area contributed by atoms with E-state index < -0.39 is 38.2 Å². The van der Waals surface area contributed by atoms with E-state index in [-0.39, 0.29) is 43.4 Å². The van der Waals surface area contributed by atoms with Crippen LogP contribution in [-0.2, 0) is 59.8 Å². The summed E-state index contributed by atoms with van der Waals surface area (Å²) < 4.78 is 92.1. The average Bonchev–Trinajstić information content (AvgIpc) is 1.88. The molecule has 4 aromatic rings. The van der Waals surface area contributed by atoms with Crippen molar-refractivity contribution in [1.29, 1.82) is 0 Å². The Kier molecular flexibility index (Phi) is 27.4. The number of ether oxygens (including phenoxy) is 6. The van der Waals surface area contributed by atoms with Crippen molar-refractivity contribution in [1.82, 2.24) is 38.6 Å². The van der Waals surface area contributed by atoms with Gasteiger partial charge < -0.3 is 53.5 Å². The molecule has 8 heterocycles. The van der Waals surface area contributed by atoms with Crippen LogP contribution >= 0.6 is 0 Å². The lowest BCUT2D eigenvalue weighted by atomic mass is 9.87. The highest BCUT2D eigenvalue weighted by atomic mass is 32.2. The molecule has 0 aliphatic carbocycles. The molecular formula is C68H102N8O13S2. The third-order valence-electron chi connectivity index (χ3n) is 18.8. The number of pyridine rings is 2. The summed E-state index contributed by atoms with van der Waals surface area (Å²) in [5.74, 6) is 0.128. The number of sulfonamides is 2. The molecular weight excluding hydrogens is 1200 g/mol. The van der Waals surface area contributed by atoms with Gasteiger partial charge >= 0.3 is 5.97 Å². The fraction of sp³-hybridized carbons (Fsp3) is 0.647. The van der Waals surface area contributed by atoms with Crippen LogP contribution < -0.4 is 14.8 Å². The Balaban J connectivity index is 0.000000195. The number of nitrogens with zero attached hydrogens (tertiary/aromatic N) is 7. The van der Waals surface area contributed by atoms with Crippen LogP contribution in [0.5, 0.6) is 11.5 Å². The van der Waals surface area contributed by atoms with Crippen molar-refractivity contribution >= 4 is 31.9 Å². The molecule has 6 saturated heterocycles. The molecule has 91 heavy (non-hydrogen) atoms. The lowest BCUT2D eigenvalue weighted by molar-refractivity contribution is -0.142. The molecule has 504 valence electrons. The smallest absolute Gasteiger partial charge is 0.329 e. The normalized spacial score (nSPS) is 23.3. The first kappa shape index (κ1) is 71.7. The van der Waals surface area contributed by atoms with Crippen molar-refractivity contribution in [2.45, 2.75) is 164 Å². The second-order valence-electron chi connectivity index (χ2n) is 25.2. The molecule has 2 aromatic carbocycles. The molecule has 4 atom stereocenters. The Morgan fingerprint density at radius 2 is 1.01 bits per heavy atom. The predicted octanol–water partition coefficient (Wildman–Crippen LogP) is 8.41. The van der Waals surface area contributed by atoms with Crippen LogP contribution in [-0.4, -0.2) is 212 Å². The van der Waals surface area contributed by atoms with E-state index in [1.54, 1.807) is 76.7 Å². The number of aryl methyl sites for hydroxylation is 4. The molecule has 10 rings (SSSR count). The quantitative estimate of drug-likeness (QED) is 0.0670. The van der Waals surface area contributed by atoms with E-state index >= 15 is 0 Å². The number of carboxylic acids is 1. The van der Waals surface area contributed by atoms with Gasteiger partial charge in [-0.2, -0.15) is 8.61 Å². The number of methoxy groups -OCH3 is 2. The Bertz CT molecular complexity index is 3100. The van der Waals surface area contributed by atoms with Crippen LogP contribution in [0.25, 0.3) is 0 Å². The summed E-state index contributed by atoms with van der Waals surface area (Å²) >= 11 is 0. The van der Waals surface area contributed by atoms with Crippen molar-refractivity contribution in [2.75, 3.05) is 132 Å². The summed E-state index contributed by atoms with van der Waals surface area (Å²) in [7, 11) is -4.32. The van der Waals surface area contributed by atoms with E-state index in [4.69, 9.17) is 33.5 Å². The molecule has 2 unspecified atom stereocenters. The number of aliphatic carboxylic acids is 1. The summed E-state index contributed by atoms with van der Waals surface area (Å²) in [6, 6.07) is 14.5. The Morgan fingerprint density at radius 1 is 0.560 bits per heavy atom. The summed E-state index contributed by atoms with van der Waals surface area (Å²) in [4.78, 5) is 40.2. The Labute approximate surface area is 541 Å². The van der Waals surface area contributed by atoms with Gasteiger partial charge in [0.05, 0.1) is 61.6 Å². The summed E-state index contributed by atoms with van der Waals surface area (Å²) in [6.07, 6.45) is 23.1. The van der Waals surface area contributed by atoms with E-state index in [2.05, 4.69) is 37.2 Å². The average molecular weight is 1300 g/mol. The maximum absolute atomic E-state index is 13.9. The van der Waals surface area contributed by atoms with Gasteiger partial charge in [-0.3, -0.25) is 14.8 Å². The van der Waals surface area contributed by atoms with Crippen LogP contribution in [0.15, 0.2) is 83.1 Å². The number of amides is 1. The highest BCUT2D eigenvalue weighted by Gasteiger charge is 2.40. The second kappa shape index (κ2) is 34.8. The fourth-order valence-corrected chi connectivity index (χ4v) is 18.3. The molecule has 6 fully saturated rings. The van der Waals surface area contributed by atoms with Gasteiger partial charge in [-0.1, -0.05) is 25.0 Å². The van der Waals surface area contributed by atoms with Gasteiger partial charge in [0.25, 0.3) is 0 Å². The van der Waals surface area contributed by atoms with Crippen molar-refractivity contribution in [2.24, 2.45) is 0 Å². The maximum atomic E-state index is 13.9. The van der Waals surface area contributed by atoms with E-state index in [0.717, 1.165) is 103 Å². The number of nitrogens with one attached hydrogen (secondary N) is 1. The van der Waals surface area contributed by atoms with Gasteiger partial charge in [-0.05, 0) is 216 Å². The number of carboxylic acid groups (broad SMARTS) is 1. The third kappa shape index (κ3) is 19.5. The standard InChI is InChI=1S/C34H50N4O6S.C17H27N3O.C17H25NO6S/c1-27-22-31(42-3)23-28(2)33(27)45(40,41)38-18-5-4-11-30(38)25-43-26-32(39)37-17-9-12-34(13-19-37,29-10-8-14-35-24-29)44-21-20-36-15-6-7-16-36;1-2-12-20(11-1)13-14-21-17(6-4-9-18-10-7-17)16-5-3-8-19-15-16;1-12-8-15(23-3)9-13(2)17(12)25(21,22)18-7-5-4-6-14(18)10-24-11-16(19)20/h8,10,14,22-24,30H,4-7,9,11-13,15-21,25-26H2,1-3H3;3,5,8,15,18H,1-2,4,6-7,9-14H2;8-9,14H,4-7,10-11H2,1-3H3,(H,19,20)/t30-,34?;;14-/m0.0/s1. The van der Waals surface area contributed by atoms with E-state index in [9.17, 15) is 26.4 Å². The zero-order valence-electron chi connectivity index (χ0n) is 54.9. The van der Waals surface area contributed by atoms with Gasteiger partial charge in [0.2, 0.25) is 26.0 Å². The minimum atomic E-state index is -3.75. The zero-order chi connectivity index (χ0) is 64.9. The van der Waals surface area contributed by atoms with E-state index in [0.29, 0.717) is 95.6 Å². The first-order valence-electron chi connectivity index (χ1n) is 33.1. The predicted molar refractivity (Wildman–Crippen MR) is 350 cm³/mol. The number of carbonyl (C=O) groups excluding carboxylic acids is 1. The summed E-state index contributed by atoms with van der Waals surface area (Å²) in [6.45, 7) is 19.3. The summed E-state index contributed by atoms with van der Waals surface area (Å²) in [5.41, 5.74) is 4.29. The molecule has 6 aliphatic rings. The second-order valence-corrected chi connectivity index (χ2v) is 28.9. The van der Waals surface area contributed by atoms with Gasteiger partial charge in [0, 0.05) is 87.3 Å². The van der Waals surface area contributed by atoms with E-state index in [1.807, 2.05) is 35.6 Å². The topological polar surface area (TPSA) is 232 Å². The minimum absolute atomic E-state index is 0.0684. The molecule has 1 amide bonds. The maximum Gasteiger partial charge on any atom is 0.329 e. The number of benzene rings is 2. The fourth-order valence-electron chi connectivity index (χ4n) is 14.1. The SMILES string of the molecule is COc1cc(C)c(S(=O)(=O)N2CCCC[C@H]2COCC(=O)N2CCCC(OCCN3CCCC3)(c3cccnc3)CC2)c(C)c1.COc1cc(C)c(S(=O)(=O)N2CCCC[C@H]2COCC(=O)O)c(C)c1.c1cncc(C2(OCCN3CCCC3)CCCNCC2)c1. The van der Waals surface area contributed by atoms with Crippen LogP contribution in [0.1, 0.15) is 136 Å². The molecule has 0 spiro atoms. The van der Waals surface area contributed by atoms with Gasteiger partial charge in [0.15, 0.2) is 0 Å². The number of hydrogen-bond acceptors (Lipinski definition) is 17.